The molecule has 1 aromatic carbocycles. The molecule has 4 N–H and O–H groups in total. The Hall–Kier alpha value is -2.13. The highest BCUT2D eigenvalue weighted by Crippen LogP contribution is 2.15. The predicted octanol–water partition coefficient (Wildman–Crippen LogP) is 1.55. The average molecular weight is 329 g/mol. The molecule has 0 atom stereocenters. The number of benzene rings is 1. The van der Waals surface area contributed by atoms with Crippen LogP contribution in [0.15, 0.2) is 29.3 Å². The fourth-order valence-electron chi connectivity index (χ4n) is 1.41. The topological polar surface area (TPSA) is 131 Å². The Kier molecular flexibility index (Phi) is 5.50. The summed E-state index contributed by atoms with van der Waals surface area (Å²) < 4.78 is 35.4. The van der Waals surface area contributed by atoms with Crippen molar-refractivity contribution in [1.82, 2.24) is 5.32 Å². The van der Waals surface area contributed by atoms with E-state index in [0.717, 1.165) is 0 Å². The molecule has 0 aromatic heterocycles. The Labute approximate surface area is 129 Å². The summed E-state index contributed by atoms with van der Waals surface area (Å²) in [5, 5.41) is 1.66. The largest absolute Gasteiger partial charge is 0.444 e. The van der Waals surface area contributed by atoms with Crippen molar-refractivity contribution in [3.63, 3.8) is 0 Å². The molecule has 0 aliphatic carbocycles. The first-order chi connectivity index (χ1) is 9.97. The van der Waals surface area contributed by atoms with Crippen molar-refractivity contribution in [2.75, 3.05) is 0 Å². The SMILES string of the molecule is CC(C)(C)OC(=O)NCc1cccc(N=C(N)S(=O)(=O)O)c1. The Morgan fingerprint density at radius 2 is 2.05 bits per heavy atom. The van der Waals surface area contributed by atoms with Crippen LogP contribution in [0.1, 0.15) is 26.3 Å². The van der Waals surface area contributed by atoms with Crippen molar-refractivity contribution < 1.29 is 22.5 Å². The van der Waals surface area contributed by atoms with Crippen LogP contribution in [0.5, 0.6) is 0 Å². The number of carbonyl (C=O) groups excluding carboxylic acids is 1. The molecule has 0 saturated carbocycles. The summed E-state index contributed by atoms with van der Waals surface area (Å²) in [5.74, 6) is 0. The van der Waals surface area contributed by atoms with E-state index >= 15 is 0 Å². The minimum atomic E-state index is -4.52. The lowest BCUT2D eigenvalue weighted by Gasteiger charge is -2.19. The molecule has 22 heavy (non-hydrogen) atoms. The minimum Gasteiger partial charge on any atom is -0.444 e. The summed E-state index contributed by atoms with van der Waals surface area (Å²) in [6.45, 7) is 5.42. The number of nitrogens with one attached hydrogen (secondary N) is 1. The number of rotatable bonds is 3. The lowest BCUT2D eigenvalue weighted by Crippen LogP contribution is -2.32. The maximum absolute atomic E-state index is 11.5. The molecule has 0 aliphatic rings. The highest BCUT2D eigenvalue weighted by molar-refractivity contribution is 8.01. The monoisotopic (exact) mass is 329 g/mol. The van der Waals surface area contributed by atoms with Crippen LogP contribution in [0.3, 0.4) is 0 Å². The van der Waals surface area contributed by atoms with E-state index in [-0.39, 0.29) is 12.2 Å². The van der Waals surface area contributed by atoms with Crippen molar-refractivity contribution in [3.8, 4) is 0 Å². The van der Waals surface area contributed by atoms with Crippen LogP contribution in [0.4, 0.5) is 10.5 Å². The van der Waals surface area contributed by atoms with E-state index in [1.807, 2.05) is 0 Å². The molecule has 0 fully saturated rings. The van der Waals surface area contributed by atoms with Crippen LogP contribution in [0, 0.1) is 0 Å². The average Bonchev–Trinajstić information content (AvgIpc) is 2.33. The second-order valence-electron chi connectivity index (χ2n) is 5.45. The van der Waals surface area contributed by atoms with Crippen molar-refractivity contribution >= 4 is 27.1 Å². The number of aliphatic imine (C=N–C) groups is 1. The van der Waals surface area contributed by atoms with Gasteiger partial charge in [0.1, 0.15) is 5.60 Å². The molecule has 1 aromatic rings. The van der Waals surface area contributed by atoms with Crippen LogP contribution in [0.25, 0.3) is 0 Å². The molecule has 0 bridgehead atoms. The number of alkyl carbamates (subject to hydrolysis) is 1. The van der Waals surface area contributed by atoms with E-state index < -0.39 is 27.0 Å². The van der Waals surface area contributed by atoms with E-state index in [2.05, 4.69) is 10.3 Å². The zero-order valence-electron chi connectivity index (χ0n) is 12.5. The summed E-state index contributed by atoms with van der Waals surface area (Å²) >= 11 is 0. The summed E-state index contributed by atoms with van der Waals surface area (Å²) in [7, 11) is -4.52. The minimum absolute atomic E-state index is 0.171. The maximum Gasteiger partial charge on any atom is 0.407 e. The van der Waals surface area contributed by atoms with E-state index in [0.29, 0.717) is 5.56 Å². The van der Waals surface area contributed by atoms with Crippen LogP contribution in [-0.4, -0.2) is 29.8 Å². The second-order valence-corrected chi connectivity index (χ2v) is 6.82. The summed E-state index contributed by atoms with van der Waals surface area (Å²) in [6, 6.07) is 6.35. The van der Waals surface area contributed by atoms with E-state index in [1.165, 1.54) is 12.1 Å². The molecule has 122 valence electrons. The third kappa shape index (κ3) is 6.55. The Morgan fingerprint density at radius 1 is 1.41 bits per heavy atom. The molecule has 0 radical (unpaired) electrons. The van der Waals surface area contributed by atoms with Crippen molar-refractivity contribution in [2.45, 2.75) is 32.9 Å². The van der Waals surface area contributed by atoms with Gasteiger partial charge in [-0.2, -0.15) is 8.42 Å². The number of amidine groups is 1. The van der Waals surface area contributed by atoms with Gasteiger partial charge in [0, 0.05) is 6.54 Å². The Balaban J connectivity index is 2.76. The van der Waals surface area contributed by atoms with E-state index in [9.17, 15) is 13.2 Å². The number of nitrogens with zero attached hydrogens (tertiary/aromatic N) is 1. The molecular weight excluding hydrogens is 310 g/mol. The number of hydrogen-bond acceptors (Lipinski definition) is 5. The number of hydrogen-bond donors (Lipinski definition) is 3. The first kappa shape index (κ1) is 17.9. The molecule has 0 spiro atoms. The van der Waals surface area contributed by atoms with Crippen LogP contribution in [0.2, 0.25) is 0 Å². The van der Waals surface area contributed by atoms with E-state index in [1.54, 1.807) is 32.9 Å². The highest BCUT2D eigenvalue weighted by atomic mass is 32.2. The normalized spacial score (nSPS) is 12.8. The van der Waals surface area contributed by atoms with Gasteiger partial charge in [-0.05, 0) is 38.5 Å². The van der Waals surface area contributed by atoms with Crippen LogP contribution in [-0.2, 0) is 21.4 Å². The molecule has 0 aliphatic heterocycles. The second kappa shape index (κ2) is 6.75. The molecule has 1 amide bonds. The van der Waals surface area contributed by atoms with Crippen LogP contribution >= 0.6 is 0 Å². The highest BCUT2D eigenvalue weighted by Gasteiger charge is 2.15. The van der Waals surface area contributed by atoms with Crippen LogP contribution < -0.4 is 11.1 Å². The number of ether oxygens (including phenoxy) is 1. The first-order valence-corrected chi connectivity index (χ1v) is 7.79. The van der Waals surface area contributed by atoms with Gasteiger partial charge in [0.2, 0.25) is 5.17 Å². The van der Waals surface area contributed by atoms with Crippen molar-refractivity contribution in [2.24, 2.45) is 10.7 Å². The Morgan fingerprint density at radius 3 is 2.59 bits per heavy atom. The fourth-order valence-corrected chi connectivity index (χ4v) is 1.63. The maximum atomic E-state index is 11.5. The van der Waals surface area contributed by atoms with Gasteiger partial charge in [-0.1, -0.05) is 12.1 Å². The zero-order chi connectivity index (χ0) is 17.0. The van der Waals surface area contributed by atoms with E-state index in [4.69, 9.17) is 15.0 Å². The molecule has 1 rings (SSSR count). The summed E-state index contributed by atoms with van der Waals surface area (Å²) in [5.41, 5.74) is 5.45. The molecule has 9 heteroatoms. The summed E-state index contributed by atoms with van der Waals surface area (Å²) in [4.78, 5) is 15.1. The van der Waals surface area contributed by atoms with Gasteiger partial charge in [0.25, 0.3) is 0 Å². The zero-order valence-corrected chi connectivity index (χ0v) is 13.3. The third-order valence-corrected chi connectivity index (χ3v) is 2.87. The summed E-state index contributed by atoms with van der Waals surface area (Å²) in [6.07, 6.45) is -0.571. The van der Waals surface area contributed by atoms with Crippen molar-refractivity contribution in [3.05, 3.63) is 29.8 Å². The van der Waals surface area contributed by atoms with Gasteiger partial charge in [-0.25, -0.2) is 9.79 Å². The third-order valence-electron chi connectivity index (χ3n) is 2.25. The van der Waals surface area contributed by atoms with Gasteiger partial charge in [0.05, 0.1) is 5.69 Å². The van der Waals surface area contributed by atoms with Gasteiger partial charge in [0.15, 0.2) is 0 Å². The number of carbonyl (C=O) groups is 1. The van der Waals surface area contributed by atoms with Gasteiger partial charge >= 0.3 is 16.2 Å². The molecule has 0 unspecified atom stereocenters. The van der Waals surface area contributed by atoms with Crippen molar-refractivity contribution in [1.29, 1.82) is 0 Å². The lowest BCUT2D eigenvalue weighted by atomic mass is 10.2. The molecule has 0 saturated heterocycles. The smallest absolute Gasteiger partial charge is 0.407 e. The number of nitrogens with two attached hydrogens (primary N) is 1. The standard InChI is InChI=1S/C13H19N3O5S/c1-13(2,3)21-12(17)15-8-9-5-4-6-10(7-9)16-11(14)22(18,19)20/h4-7H,8H2,1-3H3,(H2,14,16)(H,15,17)(H,18,19,20). The molecule has 0 heterocycles. The lowest BCUT2D eigenvalue weighted by molar-refractivity contribution is 0.0523. The Bertz CT molecular complexity index is 677. The molecule has 8 nitrogen and oxygen atoms in total. The predicted molar refractivity (Wildman–Crippen MR) is 82.3 cm³/mol. The van der Waals surface area contributed by atoms with Gasteiger partial charge < -0.3 is 15.8 Å². The number of amides is 1. The first-order valence-electron chi connectivity index (χ1n) is 6.35. The van der Waals surface area contributed by atoms with Gasteiger partial charge in [-0.15, -0.1) is 0 Å². The fraction of sp³-hybridized carbons (Fsp3) is 0.385. The quantitative estimate of drug-likeness (QED) is 0.438. The molecular formula is C13H19N3O5S. The van der Waals surface area contributed by atoms with Gasteiger partial charge in [-0.3, -0.25) is 4.55 Å².